The molecule has 3 aromatic rings. The first-order valence-corrected chi connectivity index (χ1v) is 10.5. The Kier molecular flexibility index (Phi) is 5.89. The van der Waals surface area contributed by atoms with Crippen LogP contribution in [0.25, 0.3) is 11.3 Å². The first-order chi connectivity index (χ1) is 14.9. The van der Waals surface area contributed by atoms with E-state index in [-0.39, 0.29) is 17.0 Å². The van der Waals surface area contributed by atoms with Crippen LogP contribution in [-0.4, -0.2) is 32.4 Å². The van der Waals surface area contributed by atoms with Gasteiger partial charge in [0.05, 0.1) is 11.7 Å². The Bertz CT molecular complexity index is 1150. The maximum absolute atomic E-state index is 12.9. The van der Waals surface area contributed by atoms with Gasteiger partial charge in [-0.1, -0.05) is 23.7 Å². The Morgan fingerprint density at radius 2 is 2.00 bits per heavy atom. The third kappa shape index (κ3) is 4.11. The SMILES string of the molecule is NCC1(c2cccc(Cl)c2)CCC(n2nc(-c3cccnc3)cc(C(=O)O)c2=O)CC1. The Morgan fingerprint density at radius 1 is 1.23 bits per heavy atom. The van der Waals surface area contributed by atoms with Gasteiger partial charge in [-0.05, 0) is 61.6 Å². The van der Waals surface area contributed by atoms with E-state index >= 15 is 0 Å². The third-order valence-electron chi connectivity index (χ3n) is 6.21. The summed E-state index contributed by atoms with van der Waals surface area (Å²) in [5.41, 5.74) is 7.25. The van der Waals surface area contributed by atoms with E-state index in [9.17, 15) is 14.7 Å². The number of hydrogen-bond acceptors (Lipinski definition) is 5. The van der Waals surface area contributed by atoms with Crippen LogP contribution in [0.15, 0.2) is 59.7 Å². The largest absolute Gasteiger partial charge is 0.477 e. The molecule has 1 saturated carbocycles. The van der Waals surface area contributed by atoms with E-state index in [1.165, 1.54) is 10.7 Å². The Balaban J connectivity index is 1.69. The highest BCUT2D eigenvalue weighted by Crippen LogP contribution is 2.42. The number of carboxylic acid groups (broad SMARTS) is 1. The zero-order chi connectivity index (χ0) is 22.0. The van der Waals surface area contributed by atoms with Gasteiger partial charge in [0.2, 0.25) is 0 Å². The standard InChI is InChI=1S/C23H23ClN4O3/c24-17-5-1-4-16(11-17)23(14-25)8-6-18(7-9-23)28-21(29)19(22(30)31)12-20(27-28)15-3-2-10-26-13-15/h1-5,10-13,18H,6-9,14,25H2,(H,30,31). The highest BCUT2D eigenvalue weighted by Gasteiger charge is 2.37. The highest BCUT2D eigenvalue weighted by atomic mass is 35.5. The molecule has 7 nitrogen and oxygen atoms in total. The lowest BCUT2D eigenvalue weighted by molar-refractivity contribution is 0.0693. The average Bonchev–Trinajstić information content (AvgIpc) is 2.80. The molecule has 3 N–H and O–H groups in total. The topological polar surface area (TPSA) is 111 Å². The van der Waals surface area contributed by atoms with Gasteiger partial charge in [-0.15, -0.1) is 0 Å². The molecule has 0 saturated heterocycles. The number of carbonyl (C=O) groups is 1. The first kappa shape index (κ1) is 21.2. The first-order valence-electron chi connectivity index (χ1n) is 10.2. The van der Waals surface area contributed by atoms with Crippen molar-refractivity contribution in [2.45, 2.75) is 37.1 Å². The van der Waals surface area contributed by atoms with Crippen LogP contribution in [0.5, 0.6) is 0 Å². The zero-order valence-corrected chi connectivity index (χ0v) is 17.6. The molecule has 160 valence electrons. The molecule has 0 spiro atoms. The Hall–Kier alpha value is -3.03. The second kappa shape index (κ2) is 8.61. The normalized spacial score (nSPS) is 21.0. The molecule has 4 rings (SSSR count). The van der Waals surface area contributed by atoms with Gasteiger partial charge in [-0.2, -0.15) is 5.10 Å². The lowest BCUT2D eigenvalue weighted by atomic mass is 9.68. The smallest absolute Gasteiger partial charge is 0.341 e. The van der Waals surface area contributed by atoms with Crippen molar-refractivity contribution in [3.8, 4) is 11.3 Å². The van der Waals surface area contributed by atoms with Gasteiger partial charge in [-0.3, -0.25) is 9.78 Å². The number of halogens is 1. The van der Waals surface area contributed by atoms with E-state index in [1.807, 2.05) is 24.3 Å². The second-order valence-electron chi connectivity index (χ2n) is 7.97. The summed E-state index contributed by atoms with van der Waals surface area (Å²) in [4.78, 5) is 28.7. The lowest BCUT2D eigenvalue weighted by Crippen LogP contribution is -2.41. The van der Waals surface area contributed by atoms with Crippen molar-refractivity contribution in [1.82, 2.24) is 14.8 Å². The van der Waals surface area contributed by atoms with Crippen LogP contribution in [0.4, 0.5) is 0 Å². The molecule has 1 fully saturated rings. The fourth-order valence-electron chi connectivity index (χ4n) is 4.40. The van der Waals surface area contributed by atoms with E-state index in [0.717, 1.165) is 18.4 Å². The molecule has 8 heteroatoms. The highest BCUT2D eigenvalue weighted by molar-refractivity contribution is 6.30. The van der Waals surface area contributed by atoms with Crippen LogP contribution < -0.4 is 11.3 Å². The second-order valence-corrected chi connectivity index (χ2v) is 8.40. The molecule has 2 aromatic heterocycles. The number of nitrogens with two attached hydrogens (primary N) is 1. The van der Waals surface area contributed by atoms with Gasteiger partial charge in [0, 0.05) is 34.9 Å². The van der Waals surface area contributed by atoms with Crippen molar-refractivity contribution in [1.29, 1.82) is 0 Å². The minimum absolute atomic E-state index is 0.207. The third-order valence-corrected chi connectivity index (χ3v) is 6.44. The summed E-state index contributed by atoms with van der Waals surface area (Å²) in [6.45, 7) is 0.471. The van der Waals surface area contributed by atoms with Gasteiger partial charge >= 0.3 is 5.97 Å². The van der Waals surface area contributed by atoms with E-state index in [2.05, 4.69) is 10.1 Å². The molecule has 0 radical (unpaired) electrons. The minimum Gasteiger partial charge on any atom is -0.477 e. The number of nitrogens with zero attached hydrogens (tertiary/aromatic N) is 3. The summed E-state index contributed by atoms with van der Waals surface area (Å²) in [5, 5.41) is 14.8. The van der Waals surface area contributed by atoms with E-state index in [1.54, 1.807) is 24.5 Å². The molecular formula is C23H23ClN4O3. The molecule has 0 unspecified atom stereocenters. The van der Waals surface area contributed by atoms with Crippen LogP contribution in [0.3, 0.4) is 0 Å². The van der Waals surface area contributed by atoms with Crippen molar-refractivity contribution < 1.29 is 9.90 Å². The van der Waals surface area contributed by atoms with Crippen molar-refractivity contribution in [3.05, 3.63) is 81.4 Å². The number of hydrogen-bond donors (Lipinski definition) is 2. The lowest BCUT2D eigenvalue weighted by Gasteiger charge is -2.40. The summed E-state index contributed by atoms with van der Waals surface area (Å²) in [7, 11) is 0. The zero-order valence-electron chi connectivity index (χ0n) is 16.9. The van der Waals surface area contributed by atoms with Crippen LogP contribution >= 0.6 is 11.6 Å². The molecular weight excluding hydrogens is 416 g/mol. The summed E-state index contributed by atoms with van der Waals surface area (Å²) in [5.74, 6) is -1.27. The van der Waals surface area contributed by atoms with E-state index < -0.39 is 11.5 Å². The van der Waals surface area contributed by atoms with Crippen molar-refractivity contribution in [3.63, 3.8) is 0 Å². The number of carboxylic acids is 1. The molecule has 0 amide bonds. The van der Waals surface area contributed by atoms with Gasteiger partial charge in [-0.25, -0.2) is 9.48 Å². The van der Waals surface area contributed by atoms with Gasteiger partial charge in [0.15, 0.2) is 0 Å². The molecule has 0 aliphatic heterocycles. The number of benzene rings is 1. The van der Waals surface area contributed by atoms with Crippen molar-refractivity contribution in [2.24, 2.45) is 5.73 Å². The maximum Gasteiger partial charge on any atom is 0.341 e. The van der Waals surface area contributed by atoms with E-state index in [0.29, 0.717) is 35.7 Å². The number of rotatable bonds is 5. The fourth-order valence-corrected chi connectivity index (χ4v) is 4.59. The van der Waals surface area contributed by atoms with Crippen LogP contribution in [0, 0.1) is 0 Å². The molecule has 1 aromatic carbocycles. The molecule has 1 aliphatic carbocycles. The molecule has 1 aliphatic rings. The number of aromatic nitrogens is 3. The summed E-state index contributed by atoms with van der Waals surface area (Å²) in [6, 6.07) is 12.4. The Labute approximate surface area is 184 Å². The van der Waals surface area contributed by atoms with Crippen LogP contribution in [0.1, 0.15) is 47.6 Å². The monoisotopic (exact) mass is 438 g/mol. The fraction of sp³-hybridized carbons (Fsp3) is 0.304. The van der Waals surface area contributed by atoms with Gasteiger partial charge in [0.25, 0.3) is 5.56 Å². The molecule has 0 bridgehead atoms. The van der Waals surface area contributed by atoms with Crippen molar-refractivity contribution in [2.75, 3.05) is 6.54 Å². The number of pyridine rings is 1. The predicted octanol–water partition coefficient (Wildman–Crippen LogP) is 3.67. The van der Waals surface area contributed by atoms with Gasteiger partial charge < -0.3 is 10.8 Å². The minimum atomic E-state index is -1.27. The predicted molar refractivity (Wildman–Crippen MR) is 118 cm³/mol. The summed E-state index contributed by atoms with van der Waals surface area (Å²) in [6.07, 6.45) is 6.05. The van der Waals surface area contributed by atoms with Crippen LogP contribution in [-0.2, 0) is 5.41 Å². The molecule has 31 heavy (non-hydrogen) atoms. The van der Waals surface area contributed by atoms with Gasteiger partial charge in [0.1, 0.15) is 5.56 Å². The summed E-state index contributed by atoms with van der Waals surface area (Å²) < 4.78 is 1.34. The van der Waals surface area contributed by atoms with Crippen molar-refractivity contribution >= 4 is 17.6 Å². The average molecular weight is 439 g/mol. The van der Waals surface area contributed by atoms with Crippen LogP contribution in [0.2, 0.25) is 5.02 Å². The number of aromatic carboxylic acids is 1. The molecule has 0 atom stereocenters. The molecule has 2 heterocycles. The summed E-state index contributed by atoms with van der Waals surface area (Å²) >= 11 is 6.19. The Morgan fingerprint density at radius 3 is 2.61 bits per heavy atom. The quantitative estimate of drug-likeness (QED) is 0.628. The maximum atomic E-state index is 12.9. The van der Waals surface area contributed by atoms with E-state index in [4.69, 9.17) is 17.3 Å².